The van der Waals surface area contributed by atoms with Gasteiger partial charge in [0.05, 0.1) is 0 Å². The summed E-state index contributed by atoms with van der Waals surface area (Å²) < 4.78 is 0. The molecule has 6 heteroatoms. The van der Waals surface area contributed by atoms with Crippen molar-refractivity contribution in [3.05, 3.63) is 0 Å². The SMILES string of the molecule is CC(C(=O)O)N(NC(=N)N)C1CCCC1. The second-order valence-electron chi connectivity index (χ2n) is 3.89. The van der Waals surface area contributed by atoms with E-state index in [1.165, 1.54) is 0 Å². The highest BCUT2D eigenvalue weighted by Crippen LogP contribution is 2.23. The number of carboxylic acid groups (broad SMARTS) is 1. The van der Waals surface area contributed by atoms with Crippen LogP contribution < -0.4 is 11.2 Å². The largest absolute Gasteiger partial charge is 0.480 e. The van der Waals surface area contributed by atoms with Crippen molar-refractivity contribution in [2.75, 3.05) is 0 Å². The van der Waals surface area contributed by atoms with E-state index in [2.05, 4.69) is 5.43 Å². The molecule has 0 bridgehead atoms. The minimum absolute atomic E-state index is 0.167. The predicted octanol–water partition coefficient (Wildman–Crippen LogP) is 0.102. The summed E-state index contributed by atoms with van der Waals surface area (Å²) in [5.41, 5.74) is 7.85. The number of carbonyl (C=O) groups is 1. The molecule has 0 saturated heterocycles. The number of nitrogens with zero attached hydrogens (tertiary/aromatic N) is 1. The Balaban J connectivity index is 2.67. The van der Waals surface area contributed by atoms with Gasteiger partial charge in [0.2, 0.25) is 5.96 Å². The maximum Gasteiger partial charge on any atom is 0.322 e. The van der Waals surface area contributed by atoms with Gasteiger partial charge in [-0.05, 0) is 19.8 Å². The van der Waals surface area contributed by atoms with Crippen molar-refractivity contribution in [3.63, 3.8) is 0 Å². The molecule has 0 heterocycles. The Morgan fingerprint density at radius 1 is 1.60 bits per heavy atom. The summed E-state index contributed by atoms with van der Waals surface area (Å²) in [6.07, 6.45) is 4.12. The topological polar surface area (TPSA) is 102 Å². The molecule has 1 unspecified atom stereocenters. The lowest BCUT2D eigenvalue weighted by molar-refractivity contribution is -0.144. The van der Waals surface area contributed by atoms with E-state index in [9.17, 15) is 4.79 Å². The fourth-order valence-electron chi connectivity index (χ4n) is 1.94. The van der Waals surface area contributed by atoms with Gasteiger partial charge >= 0.3 is 5.97 Å². The van der Waals surface area contributed by atoms with E-state index in [1.807, 2.05) is 0 Å². The molecule has 15 heavy (non-hydrogen) atoms. The third-order valence-electron chi connectivity index (χ3n) is 2.74. The molecule has 6 nitrogen and oxygen atoms in total. The van der Waals surface area contributed by atoms with Gasteiger partial charge < -0.3 is 10.8 Å². The molecule has 0 aromatic rings. The van der Waals surface area contributed by atoms with E-state index in [4.69, 9.17) is 16.2 Å². The number of hydrazine groups is 1. The van der Waals surface area contributed by atoms with Crippen molar-refractivity contribution in [1.82, 2.24) is 10.4 Å². The molecule has 1 fully saturated rings. The zero-order chi connectivity index (χ0) is 11.4. The van der Waals surface area contributed by atoms with Gasteiger partial charge in [-0.2, -0.15) is 0 Å². The highest BCUT2D eigenvalue weighted by Gasteiger charge is 2.30. The number of nitrogens with one attached hydrogen (secondary N) is 2. The Morgan fingerprint density at radius 3 is 2.53 bits per heavy atom. The second-order valence-corrected chi connectivity index (χ2v) is 3.89. The summed E-state index contributed by atoms with van der Waals surface area (Å²) in [5.74, 6) is -1.12. The fourth-order valence-corrected chi connectivity index (χ4v) is 1.94. The van der Waals surface area contributed by atoms with Crippen molar-refractivity contribution in [2.24, 2.45) is 5.73 Å². The van der Waals surface area contributed by atoms with E-state index in [-0.39, 0.29) is 12.0 Å². The monoisotopic (exact) mass is 214 g/mol. The van der Waals surface area contributed by atoms with Crippen LogP contribution in [0.3, 0.4) is 0 Å². The molecule has 0 aromatic carbocycles. The smallest absolute Gasteiger partial charge is 0.322 e. The second kappa shape index (κ2) is 4.97. The number of nitrogens with two attached hydrogens (primary N) is 1. The Hall–Kier alpha value is -1.30. The van der Waals surface area contributed by atoms with Gasteiger partial charge in [-0.15, -0.1) is 0 Å². The van der Waals surface area contributed by atoms with Crippen LogP contribution in [0.1, 0.15) is 32.6 Å². The van der Waals surface area contributed by atoms with Crippen molar-refractivity contribution in [1.29, 1.82) is 5.41 Å². The van der Waals surface area contributed by atoms with E-state index in [0.717, 1.165) is 25.7 Å². The summed E-state index contributed by atoms with van der Waals surface area (Å²) in [5, 5.41) is 17.7. The molecule has 0 aliphatic heterocycles. The van der Waals surface area contributed by atoms with E-state index in [0.29, 0.717) is 0 Å². The Labute approximate surface area is 88.9 Å². The van der Waals surface area contributed by atoms with E-state index < -0.39 is 12.0 Å². The van der Waals surface area contributed by atoms with Crippen molar-refractivity contribution in [2.45, 2.75) is 44.7 Å². The van der Waals surface area contributed by atoms with Crippen LogP contribution in [0.25, 0.3) is 0 Å². The first kappa shape index (κ1) is 11.8. The van der Waals surface area contributed by atoms with Crippen molar-refractivity contribution < 1.29 is 9.90 Å². The van der Waals surface area contributed by atoms with Crippen LogP contribution in [0.15, 0.2) is 0 Å². The summed E-state index contributed by atoms with van der Waals surface area (Å²) >= 11 is 0. The van der Waals surface area contributed by atoms with E-state index >= 15 is 0 Å². The van der Waals surface area contributed by atoms with Crippen LogP contribution in [0.2, 0.25) is 0 Å². The van der Waals surface area contributed by atoms with Gasteiger partial charge in [-0.1, -0.05) is 12.8 Å². The van der Waals surface area contributed by atoms with Crippen LogP contribution in [0, 0.1) is 5.41 Å². The fraction of sp³-hybridized carbons (Fsp3) is 0.778. The first-order chi connectivity index (χ1) is 7.02. The number of aliphatic carboxylic acids is 1. The number of hydrogen-bond donors (Lipinski definition) is 4. The van der Waals surface area contributed by atoms with Crippen molar-refractivity contribution in [3.8, 4) is 0 Å². The molecule has 1 aliphatic rings. The molecule has 0 spiro atoms. The molecule has 0 radical (unpaired) electrons. The van der Waals surface area contributed by atoms with Crippen LogP contribution in [-0.4, -0.2) is 34.1 Å². The standard InChI is InChI=1S/C9H18N4O2/c1-6(8(14)15)13(12-9(10)11)7-4-2-3-5-7/h6-7H,2-5H2,1H3,(H,14,15)(H4,10,11,12). The molecule has 0 aromatic heterocycles. The van der Waals surface area contributed by atoms with Gasteiger partial charge in [-0.25, -0.2) is 5.01 Å². The molecule has 1 saturated carbocycles. The lowest BCUT2D eigenvalue weighted by Crippen LogP contribution is -2.56. The van der Waals surface area contributed by atoms with Crippen molar-refractivity contribution >= 4 is 11.9 Å². The molecule has 1 atom stereocenters. The lowest BCUT2D eigenvalue weighted by Gasteiger charge is -2.32. The van der Waals surface area contributed by atoms with Crippen LogP contribution in [0.5, 0.6) is 0 Å². The lowest BCUT2D eigenvalue weighted by atomic mass is 10.2. The Kier molecular flexibility index (Phi) is 3.90. The van der Waals surface area contributed by atoms with Gasteiger partial charge in [-0.3, -0.25) is 15.6 Å². The van der Waals surface area contributed by atoms with Crippen LogP contribution in [0.4, 0.5) is 0 Å². The molecular weight excluding hydrogens is 196 g/mol. The summed E-state index contributed by atoms with van der Waals surface area (Å²) in [4.78, 5) is 10.9. The number of rotatable bonds is 4. The average molecular weight is 214 g/mol. The highest BCUT2D eigenvalue weighted by atomic mass is 16.4. The average Bonchev–Trinajstić information content (AvgIpc) is 2.65. The first-order valence-electron chi connectivity index (χ1n) is 5.14. The molecule has 1 rings (SSSR count). The minimum atomic E-state index is -0.907. The maximum absolute atomic E-state index is 10.9. The zero-order valence-corrected chi connectivity index (χ0v) is 8.86. The number of carboxylic acids is 1. The zero-order valence-electron chi connectivity index (χ0n) is 8.86. The normalized spacial score (nSPS) is 19.1. The van der Waals surface area contributed by atoms with Gasteiger partial charge in [0, 0.05) is 6.04 Å². The quantitative estimate of drug-likeness (QED) is 0.302. The maximum atomic E-state index is 10.9. The summed E-state index contributed by atoms with van der Waals surface area (Å²) in [7, 11) is 0. The minimum Gasteiger partial charge on any atom is -0.480 e. The van der Waals surface area contributed by atoms with Crippen LogP contribution >= 0.6 is 0 Å². The van der Waals surface area contributed by atoms with Gasteiger partial charge in [0.25, 0.3) is 0 Å². The third-order valence-corrected chi connectivity index (χ3v) is 2.74. The van der Waals surface area contributed by atoms with Gasteiger partial charge in [0.1, 0.15) is 6.04 Å². The van der Waals surface area contributed by atoms with E-state index in [1.54, 1.807) is 11.9 Å². The third kappa shape index (κ3) is 3.09. The summed E-state index contributed by atoms with van der Waals surface area (Å²) in [6.45, 7) is 1.59. The summed E-state index contributed by atoms with van der Waals surface area (Å²) in [6, 6.07) is -0.503. The Bertz CT molecular complexity index is 250. The molecular formula is C9H18N4O2. The molecule has 86 valence electrons. The first-order valence-corrected chi connectivity index (χ1v) is 5.14. The molecule has 1 aliphatic carbocycles. The number of hydrogen-bond acceptors (Lipinski definition) is 3. The Morgan fingerprint density at radius 2 is 2.13 bits per heavy atom. The predicted molar refractivity (Wildman–Crippen MR) is 56.2 cm³/mol. The highest BCUT2D eigenvalue weighted by molar-refractivity contribution is 5.76. The molecule has 0 amide bonds. The van der Waals surface area contributed by atoms with Gasteiger partial charge in [0.15, 0.2) is 0 Å². The van der Waals surface area contributed by atoms with Crippen LogP contribution in [-0.2, 0) is 4.79 Å². The molecule has 5 N–H and O–H groups in total. The number of guanidine groups is 1.